The van der Waals surface area contributed by atoms with Crippen molar-refractivity contribution in [3.63, 3.8) is 0 Å². The van der Waals surface area contributed by atoms with E-state index in [0.717, 1.165) is 50.5 Å². The first-order valence-electron chi connectivity index (χ1n) is 7.46. The van der Waals surface area contributed by atoms with Gasteiger partial charge in [0.1, 0.15) is 0 Å². The van der Waals surface area contributed by atoms with Crippen LogP contribution in [0.1, 0.15) is 10.4 Å². The van der Waals surface area contributed by atoms with Crippen LogP contribution in [0, 0.1) is 0 Å². The van der Waals surface area contributed by atoms with Gasteiger partial charge in [-0.25, -0.2) is 0 Å². The Balaban J connectivity index is 1.69. The topological polar surface area (TPSA) is 73.4 Å². The number of carbonyl (C=O) groups is 1. The number of nitrogens with zero attached hydrogens (tertiary/aromatic N) is 3. The van der Waals surface area contributed by atoms with Crippen molar-refractivity contribution in [1.82, 2.24) is 14.7 Å². The van der Waals surface area contributed by atoms with E-state index in [9.17, 15) is 4.79 Å². The Hall–Kier alpha value is -2.18. The number of nitrogens with two attached hydrogens (primary N) is 1. The van der Waals surface area contributed by atoms with E-state index < -0.39 is 5.91 Å². The van der Waals surface area contributed by atoms with E-state index in [2.05, 4.69) is 10.00 Å². The summed E-state index contributed by atoms with van der Waals surface area (Å²) in [6.07, 6.45) is 3.74. The summed E-state index contributed by atoms with van der Waals surface area (Å²) in [5.74, 6) is -0.420. The number of hydrogen-bond donors (Lipinski definition) is 1. The number of rotatable bonds is 5. The number of benzene rings is 1. The van der Waals surface area contributed by atoms with Gasteiger partial charge in [0.2, 0.25) is 5.91 Å². The second-order valence-electron chi connectivity index (χ2n) is 5.36. The predicted molar refractivity (Wildman–Crippen MR) is 83.4 cm³/mol. The number of carbonyl (C=O) groups excluding carboxylic acids is 1. The summed E-state index contributed by atoms with van der Waals surface area (Å²) in [6.45, 7) is 5.31. The first-order valence-corrected chi connectivity index (χ1v) is 7.46. The molecular formula is C16H20N4O2. The van der Waals surface area contributed by atoms with E-state index >= 15 is 0 Å². The molecule has 0 unspecified atom stereocenters. The lowest BCUT2D eigenvalue weighted by Gasteiger charge is -2.26. The maximum atomic E-state index is 11.5. The highest BCUT2D eigenvalue weighted by molar-refractivity contribution is 5.99. The third kappa shape index (κ3) is 3.35. The molecule has 0 spiro atoms. The van der Waals surface area contributed by atoms with Crippen LogP contribution in [0.4, 0.5) is 0 Å². The number of amides is 1. The molecule has 0 atom stereocenters. The SMILES string of the molecule is NC(=O)c1ccccc1-c1cnn(CCN2CCOCC2)c1. The van der Waals surface area contributed by atoms with Crippen LogP contribution < -0.4 is 5.73 Å². The minimum Gasteiger partial charge on any atom is -0.379 e. The van der Waals surface area contributed by atoms with Crippen molar-refractivity contribution >= 4 is 5.91 Å². The zero-order valence-corrected chi connectivity index (χ0v) is 12.4. The minimum atomic E-state index is -0.420. The van der Waals surface area contributed by atoms with E-state index in [4.69, 9.17) is 10.5 Å². The fraction of sp³-hybridized carbons (Fsp3) is 0.375. The van der Waals surface area contributed by atoms with Crippen LogP contribution in [0.5, 0.6) is 0 Å². The Morgan fingerprint density at radius 2 is 2.00 bits per heavy atom. The van der Waals surface area contributed by atoms with Gasteiger partial charge in [-0.15, -0.1) is 0 Å². The molecule has 0 saturated carbocycles. The first-order chi connectivity index (χ1) is 10.7. The van der Waals surface area contributed by atoms with Gasteiger partial charge >= 0.3 is 0 Å². The maximum absolute atomic E-state index is 11.5. The third-order valence-electron chi connectivity index (χ3n) is 3.89. The maximum Gasteiger partial charge on any atom is 0.249 e. The van der Waals surface area contributed by atoms with Gasteiger partial charge in [0.05, 0.1) is 26.0 Å². The number of primary amides is 1. The van der Waals surface area contributed by atoms with E-state index in [-0.39, 0.29) is 0 Å². The summed E-state index contributed by atoms with van der Waals surface area (Å²) >= 11 is 0. The molecule has 1 saturated heterocycles. The van der Waals surface area contributed by atoms with Crippen LogP contribution in [-0.2, 0) is 11.3 Å². The molecule has 22 heavy (non-hydrogen) atoms. The van der Waals surface area contributed by atoms with Gasteiger partial charge in [0, 0.05) is 37.0 Å². The van der Waals surface area contributed by atoms with Gasteiger partial charge in [-0.3, -0.25) is 14.4 Å². The molecule has 0 bridgehead atoms. The summed E-state index contributed by atoms with van der Waals surface area (Å²) in [4.78, 5) is 13.9. The van der Waals surface area contributed by atoms with Gasteiger partial charge in [-0.2, -0.15) is 5.10 Å². The lowest BCUT2D eigenvalue weighted by molar-refractivity contribution is 0.0360. The van der Waals surface area contributed by atoms with Gasteiger partial charge < -0.3 is 10.5 Å². The summed E-state index contributed by atoms with van der Waals surface area (Å²) in [6, 6.07) is 7.34. The second-order valence-corrected chi connectivity index (χ2v) is 5.36. The molecule has 2 N–H and O–H groups in total. The molecule has 3 rings (SSSR count). The predicted octanol–water partition coefficient (Wildman–Crippen LogP) is 0.981. The van der Waals surface area contributed by atoms with Crippen molar-refractivity contribution in [2.24, 2.45) is 5.73 Å². The molecule has 116 valence electrons. The van der Waals surface area contributed by atoms with Gasteiger partial charge in [-0.1, -0.05) is 18.2 Å². The molecule has 6 heteroatoms. The number of ether oxygens (including phenoxy) is 1. The average molecular weight is 300 g/mol. The Labute approximate surface area is 129 Å². The van der Waals surface area contributed by atoms with Crippen molar-refractivity contribution in [2.45, 2.75) is 6.54 Å². The molecule has 1 aromatic carbocycles. The quantitative estimate of drug-likeness (QED) is 0.893. The Bertz CT molecular complexity index is 647. The van der Waals surface area contributed by atoms with Crippen LogP contribution in [0.2, 0.25) is 0 Å². The van der Waals surface area contributed by atoms with E-state index in [1.807, 2.05) is 29.1 Å². The lowest BCUT2D eigenvalue weighted by atomic mass is 10.0. The Kier molecular flexibility index (Phi) is 4.50. The summed E-state index contributed by atoms with van der Waals surface area (Å²) < 4.78 is 7.25. The van der Waals surface area contributed by atoms with Crippen molar-refractivity contribution in [1.29, 1.82) is 0 Å². The monoisotopic (exact) mass is 300 g/mol. The highest BCUT2D eigenvalue weighted by atomic mass is 16.5. The lowest BCUT2D eigenvalue weighted by Crippen LogP contribution is -2.38. The van der Waals surface area contributed by atoms with Crippen LogP contribution >= 0.6 is 0 Å². The summed E-state index contributed by atoms with van der Waals surface area (Å²) in [7, 11) is 0. The van der Waals surface area contributed by atoms with Crippen LogP contribution in [0.25, 0.3) is 11.1 Å². The van der Waals surface area contributed by atoms with E-state index in [0.29, 0.717) is 5.56 Å². The molecule has 1 aromatic heterocycles. The Morgan fingerprint density at radius 3 is 2.77 bits per heavy atom. The molecule has 6 nitrogen and oxygen atoms in total. The number of morpholine rings is 1. The smallest absolute Gasteiger partial charge is 0.249 e. The third-order valence-corrected chi connectivity index (χ3v) is 3.89. The van der Waals surface area contributed by atoms with Crippen molar-refractivity contribution in [3.05, 3.63) is 42.2 Å². The van der Waals surface area contributed by atoms with E-state index in [1.54, 1.807) is 12.3 Å². The molecule has 0 radical (unpaired) electrons. The normalized spacial score (nSPS) is 15.8. The Morgan fingerprint density at radius 1 is 1.23 bits per heavy atom. The van der Waals surface area contributed by atoms with Gasteiger partial charge in [-0.05, 0) is 11.6 Å². The number of hydrogen-bond acceptors (Lipinski definition) is 4. The second kappa shape index (κ2) is 6.72. The largest absolute Gasteiger partial charge is 0.379 e. The van der Waals surface area contributed by atoms with E-state index in [1.165, 1.54) is 0 Å². The van der Waals surface area contributed by atoms with Gasteiger partial charge in [0.25, 0.3) is 0 Å². The summed E-state index contributed by atoms with van der Waals surface area (Å²) in [5.41, 5.74) is 7.69. The van der Waals surface area contributed by atoms with Crippen molar-refractivity contribution in [3.8, 4) is 11.1 Å². The van der Waals surface area contributed by atoms with Crippen molar-refractivity contribution < 1.29 is 9.53 Å². The summed E-state index contributed by atoms with van der Waals surface area (Å²) in [5, 5.41) is 4.38. The van der Waals surface area contributed by atoms with Crippen LogP contribution in [-0.4, -0.2) is 53.4 Å². The number of aromatic nitrogens is 2. The van der Waals surface area contributed by atoms with Gasteiger partial charge in [0.15, 0.2) is 0 Å². The standard InChI is InChI=1S/C16H20N4O2/c17-16(21)15-4-2-1-3-14(15)13-11-18-20(12-13)6-5-19-7-9-22-10-8-19/h1-4,11-12H,5-10H2,(H2,17,21). The molecule has 1 amide bonds. The average Bonchev–Trinajstić information content (AvgIpc) is 3.03. The fourth-order valence-electron chi connectivity index (χ4n) is 2.64. The fourth-order valence-corrected chi connectivity index (χ4v) is 2.64. The first kappa shape index (κ1) is 14.7. The zero-order valence-electron chi connectivity index (χ0n) is 12.4. The molecule has 2 heterocycles. The zero-order chi connectivity index (χ0) is 15.4. The molecule has 1 aliphatic heterocycles. The van der Waals surface area contributed by atoms with Crippen LogP contribution in [0.15, 0.2) is 36.7 Å². The molecular weight excluding hydrogens is 280 g/mol. The minimum absolute atomic E-state index is 0.420. The highest BCUT2D eigenvalue weighted by Crippen LogP contribution is 2.22. The van der Waals surface area contributed by atoms with Crippen molar-refractivity contribution in [2.75, 3.05) is 32.8 Å². The highest BCUT2D eigenvalue weighted by Gasteiger charge is 2.12. The molecule has 1 fully saturated rings. The molecule has 2 aromatic rings. The molecule has 1 aliphatic rings. The van der Waals surface area contributed by atoms with Crippen LogP contribution in [0.3, 0.4) is 0 Å². The molecule has 0 aliphatic carbocycles.